The van der Waals surface area contributed by atoms with Gasteiger partial charge >= 0.3 is 0 Å². The molecule has 0 radical (unpaired) electrons. The summed E-state index contributed by atoms with van der Waals surface area (Å²) in [5.41, 5.74) is 0.366. The molecular weight excluding hydrogens is 439 g/mol. The maximum atomic E-state index is 13.1. The SMILES string of the molecule is CNC1C2O[C@@]3(O)C(NC(=O)Cc4ccc(F)cn4)C[C@@H](C)OC3OC2[C@@H](O)[C@H](NC)C1O. The van der Waals surface area contributed by atoms with Crippen LogP contribution in [-0.4, -0.2) is 101 Å². The molecule has 1 aliphatic carbocycles. The molecule has 6 N–H and O–H groups in total. The van der Waals surface area contributed by atoms with Gasteiger partial charge in [0.15, 0.2) is 0 Å². The van der Waals surface area contributed by atoms with Gasteiger partial charge in [0.05, 0.1) is 43.0 Å². The van der Waals surface area contributed by atoms with Crippen LogP contribution in [0.25, 0.3) is 0 Å². The lowest BCUT2D eigenvalue weighted by atomic mass is 9.79. The number of likely N-dealkylation sites (N-methyl/N-ethyl adjacent to an activating group) is 2. The lowest BCUT2D eigenvalue weighted by molar-refractivity contribution is -0.449. The molecule has 2 saturated heterocycles. The number of carbonyl (C=O) groups excluding carboxylic acids is 1. The minimum absolute atomic E-state index is 0.125. The molecule has 12 heteroatoms. The highest BCUT2D eigenvalue weighted by molar-refractivity contribution is 5.78. The Balaban J connectivity index is 1.55. The van der Waals surface area contributed by atoms with Crippen molar-refractivity contribution in [3.63, 3.8) is 0 Å². The summed E-state index contributed by atoms with van der Waals surface area (Å²) in [6.07, 6.45) is -4.56. The summed E-state index contributed by atoms with van der Waals surface area (Å²) in [6.45, 7) is 1.77. The van der Waals surface area contributed by atoms with E-state index in [0.717, 1.165) is 6.20 Å². The molecule has 1 amide bonds. The van der Waals surface area contributed by atoms with Crippen molar-refractivity contribution < 1.29 is 38.7 Å². The molecule has 0 spiro atoms. The van der Waals surface area contributed by atoms with E-state index in [1.54, 1.807) is 21.0 Å². The Morgan fingerprint density at radius 3 is 2.55 bits per heavy atom. The van der Waals surface area contributed by atoms with Crippen molar-refractivity contribution in [3.05, 3.63) is 29.8 Å². The van der Waals surface area contributed by atoms with E-state index in [9.17, 15) is 24.5 Å². The standard InChI is InChI=1S/C21H31FN4O7/c1-9-6-12(26-13(27)7-11-5-4-10(22)8-25-11)21(30)20(31-9)32-19-17(29)14(23-2)16(28)15(24-3)18(19)33-21/h4-5,8-9,12,14-20,23-24,28-30H,6-7H2,1-3H3,(H,26,27)/t9-,12?,14-,15?,16?,17+,18?,19?,20?,21+/m1/s1. The summed E-state index contributed by atoms with van der Waals surface area (Å²) < 4.78 is 30.9. The third-order valence-electron chi connectivity index (χ3n) is 6.62. The Kier molecular flexibility index (Phi) is 6.99. The molecular formula is C21H31FN4O7. The number of nitrogens with one attached hydrogen (secondary N) is 3. The molecule has 0 bridgehead atoms. The third kappa shape index (κ3) is 4.49. The number of carbonyl (C=O) groups is 1. The zero-order valence-corrected chi connectivity index (χ0v) is 18.6. The van der Waals surface area contributed by atoms with Gasteiger partial charge < -0.3 is 45.5 Å². The summed E-state index contributed by atoms with van der Waals surface area (Å²) in [5, 5.41) is 41.6. The van der Waals surface area contributed by atoms with Crippen LogP contribution in [0.4, 0.5) is 4.39 Å². The molecule has 4 rings (SSSR count). The molecule has 3 fully saturated rings. The minimum Gasteiger partial charge on any atom is -0.390 e. The third-order valence-corrected chi connectivity index (χ3v) is 6.62. The fraction of sp³-hybridized carbons (Fsp3) is 0.714. The highest BCUT2D eigenvalue weighted by Crippen LogP contribution is 2.41. The Morgan fingerprint density at radius 2 is 1.91 bits per heavy atom. The van der Waals surface area contributed by atoms with E-state index in [2.05, 4.69) is 20.9 Å². The summed E-state index contributed by atoms with van der Waals surface area (Å²) in [7, 11) is 3.24. The van der Waals surface area contributed by atoms with Gasteiger partial charge in [-0.2, -0.15) is 0 Å². The fourth-order valence-corrected chi connectivity index (χ4v) is 4.94. The topological polar surface area (TPSA) is 154 Å². The molecule has 1 aromatic rings. The number of pyridine rings is 1. The van der Waals surface area contributed by atoms with Gasteiger partial charge in [-0.3, -0.25) is 9.78 Å². The lowest BCUT2D eigenvalue weighted by Crippen LogP contribution is -2.79. The number of ether oxygens (including phenoxy) is 3. The number of aliphatic hydroxyl groups excluding tert-OH is 2. The quantitative estimate of drug-likeness (QED) is 0.279. The second-order valence-electron chi connectivity index (χ2n) is 8.82. The fourth-order valence-electron chi connectivity index (χ4n) is 4.94. The van der Waals surface area contributed by atoms with E-state index in [0.29, 0.717) is 5.69 Å². The summed E-state index contributed by atoms with van der Waals surface area (Å²) in [5.74, 6) is -3.02. The maximum Gasteiger partial charge on any atom is 0.239 e. The molecule has 3 aliphatic rings. The molecule has 0 aromatic carbocycles. The van der Waals surface area contributed by atoms with Crippen molar-refractivity contribution in [3.8, 4) is 0 Å². The van der Waals surface area contributed by atoms with Gasteiger partial charge in [0.1, 0.15) is 24.1 Å². The van der Waals surface area contributed by atoms with Gasteiger partial charge in [0, 0.05) is 5.69 Å². The van der Waals surface area contributed by atoms with E-state index in [1.807, 2.05) is 0 Å². The lowest BCUT2D eigenvalue weighted by Gasteiger charge is -2.58. The van der Waals surface area contributed by atoms with Crippen LogP contribution in [-0.2, 0) is 25.4 Å². The summed E-state index contributed by atoms with van der Waals surface area (Å²) >= 11 is 0. The van der Waals surface area contributed by atoms with Crippen LogP contribution in [0.5, 0.6) is 0 Å². The number of fused-ring (bicyclic) bond motifs is 2. The van der Waals surface area contributed by atoms with Crippen molar-refractivity contribution in [2.24, 2.45) is 0 Å². The van der Waals surface area contributed by atoms with Crippen molar-refractivity contribution in [1.29, 1.82) is 0 Å². The van der Waals surface area contributed by atoms with E-state index >= 15 is 0 Å². The first kappa shape index (κ1) is 24.4. The first-order valence-electron chi connectivity index (χ1n) is 11.0. The van der Waals surface area contributed by atoms with E-state index in [1.165, 1.54) is 12.1 Å². The highest BCUT2D eigenvalue weighted by Gasteiger charge is 2.63. The minimum atomic E-state index is -2.07. The van der Waals surface area contributed by atoms with Crippen LogP contribution in [0.15, 0.2) is 18.3 Å². The molecule has 2 aliphatic heterocycles. The zero-order chi connectivity index (χ0) is 23.9. The van der Waals surface area contributed by atoms with Crippen LogP contribution in [0, 0.1) is 5.82 Å². The van der Waals surface area contributed by atoms with Crippen molar-refractivity contribution in [2.45, 2.75) is 80.5 Å². The predicted molar refractivity (Wildman–Crippen MR) is 111 cm³/mol. The van der Waals surface area contributed by atoms with Gasteiger partial charge in [-0.25, -0.2) is 4.39 Å². The van der Waals surface area contributed by atoms with Crippen molar-refractivity contribution in [2.75, 3.05) is 14.1 Å². The number of rotatable bonds is 5. The Labute approximate surface area is 190 Å². The first-order chi connectivity index (χ1) is 15.7. The van der Waals surface area contributed by atoms with Crippen molar-refractivity contribution >= 4 is 5.91 Å². The molecule has 1 saturated carbocycles. The van der Waals surface area contributed by atoms with E-state index < -0.39 is 72.4 Å². The Bertz CT molecular complexity index is 848. The zero-order valence-electron chi connectivity index (χ0n) is 18.6. The average molecular weight is 470 g/mol. The molecule has 10 atom stereocenters. The number of hydrogen-bond acceptors (Lipinski definition) is 10. The Morgan fingerprint density at radius 1 is 1.18 bits per heavy atom. The highest BCUT2D eigenvalue weighted by atomic mass is 19.1. The number of hydrogen-bond donors (Lipinski definition) is 6. The molecule has 1 aromatic heterocycles. The van der Waals surface area contributed by atoms with Crippen LogP contribution in [0.1, 0.15) is 19.0 Å². The number of aliphatic hydroxyl groups is 3. The van der Waals surface area contributed by atoms with Crippen LogP contribution in [0.2, 0.25) is 0 Å². The first-order valence-corrected chi connectivity index (χ1v) is 11.0. The van der Waals surface area contributed by atoms with Crippen LogP contribution < -0.4 is 16.0 Å². The van der Waals surface area contributed by atoms with E-state index in [-0.39, 0.29) is 12.8 Å². The molecule has 184 valence electrons. The largest absolute Gasteiger partial charge is 0.390 e. The Hall–Kier alpha value is -1.77. The van der Waals surface area contributed by atoms with E-state index in [4.69, 9.17) is 14.2 Å². The number of aromatic nitrogens is 1. The molecule has 3 heterocycles. The van der Waals surface area contributed by atoms with Gasteiger partial charge in [0.25, 0.3) is 0 Å². The molecule has 6 unspecified atom stereocenters. The molecule has 33 heavy (non-hydrogen) atoms. The second-order valence-corrected chi connectivity index (χ2v) is 8.82. The molecule has 11 nitrogen and oxygen atoms in total. The summed E-state index contributed by atoms with van der Waals surface area (Å²) in [6, 6.07) is 0.334. The maximum absolute atomic E-state index is 13.1. The van der Waals surface area contributed by atoms with Gasteiger partial charge in [-0.15, -0.1) is 0 Å². The number of amides is 1. The summed E-state index contributed by atoms with van der Waals surface area (Å²) in [4.78, 5) is 16.6. The van der Waals surface area contributed by atoms with Crippen LogP contribution in [0.3, 0.4) is 0 Å². The monoisotopic (exact) mass is 470 g/mol. The smallest absolute Gasteiger partial charge is 0.239 e. The number of halogens is 1. The number of nitrogens with zero attached hydrogens (tertiary/aromatic N) is 1. The van der Waals surface area contributed by atoms with Gasteiger partial charge in [0.2, 0.25) is 18.0 Å². The second kappa shape index (κ2) is 9.47. The van der Waals surface area contributed by atoms with Gasteiger partial charge in [-0.05, 0) is 39.6 Å². The van der Waals surface area contributed by atoms with Crippen LogP contribution >= 0.6 is 0 Å². The van der Waals surface area contributed by atoms with Crippen molar-refractivity contribution in [1.82, 2.24) is 20.9 Å². The predicted octanol–water partition coefficient (Wildman–Crippen LogP) is -2.23. The average Bonchev–Trinajstić information content (AvgIpc) is 2.76. The van der Waals surface area contributed by atoms with Gasteiger partial charge in [-0.1, -0.05) is 0 Å². The normalized spacial score (nSPS) is 42.8.